The molecule has 98 valence electrons. The first-order valence-corrected chi connectivity index (χ1v) is 6.07. The lowest BCUT2D eigenvalue weighted by Gasteiger charge is -2.27. The molecule has 1 aromatic carbocycles. The molecule has 2 rings (SSSR count). The zero-order chi connectivity index (χ0) is 12.8. The number of rotatable bonds is 3. The summed E-state index contributed by atoms with van der Waals surface area (Å²) < 4.78 is 18.5. The van der Waals surface area contributed by atoms with E-state index in [0.717, 1.165) is 5.56 Å². The molecular weight excluding hydrogens is 235 g/mol. The molecule has 0 saturated carbocycles. The number of piperidine rings is 1. The number of ether oxygens (including phenoxy) is 1. The molecule has 0 radical (unpaired) electrons. The Morgan fingerprint density at radius 2 is 2.22 bits per heavy atom. The molecule has 1 aromatic rings. The highest BCUT2D eigenvalue weighted by atomic mass is 19.1. The van der Waals surface area contributed by atoms with Gasteiger partial charge in [-0.2, -0.15) is 0 Å². The van der Waals surface area contributed by atoms with Crippen LogP contribution in [0.5, 0.6) is 0 Å². The van der Waals surface area contributed by atoms with Crippen molar-refractivity contribution in [3.8, 4) is 0 Å². The van der Waals surface area contributed by atoms with Crippen molar-refractivity contribution in [3.05, 3.63) is 35.9 Å². The van der Waals surface area contributed by atoms with Crippen LogP contribution in [0.4, 0.5) is 9.18 Å². The fourth-order valence-electron chi connectivity index (χ4n) is 1.90. The Hall–Kier alpha value is -1.62. The summed E-state index contributed by atoms with van der Waals surface area (Å²) >= 11 is 0. The van der Waals surface area contributed by atoms with Gasteiger partial charge in [-0.1, -0.05) is 30.3 Å². The third kappa shape index (κ3) is 3.70. The maximum Gasteiger partial charge on any atom is 0.407 e. The second kappa shape index (κ2) is 6.35. The predicted molar refractivity (Wildman–Crippen MR) is 65.9 cm³/mol. The summed E-state index contributed by atoms with van der Waals surface area (Å²) in [5, 5.41) is 5.49. The number of halogens is 1. The lowest BCUT2D eigenvalue weighted by Crippen LogP contribution is -2.50. The first-order chi connectivity index (χ1) is 8.75. The zero-order valence-corrected chi connectivity index (χ0v) is 10.1. The van der Waals surface area contributed by atoms with Crippen LogP contribution in [-0.4, -0.2) is 31.4 Å². The van der Waals surface area contributed by atoms with E-state index in [1.165, 1.54) is 0 Å². The normalized spacial score (nSPS) is 23.4. The highest BCUT2D eigenvalue weighted by Crippen LogP contribution is 2.08. The van der Waals surface area contributed by atoms with Crippen molar-refractivity contribution in [2.24, 2.45) is 0 Å². The molecule has 0 spiro atoms. The number of carbonyl (C=O) groups excluding carboxylic acids is 1. The van der Waals surface area contributed by atoms with Gasteiger partial charge in [0.15, 0.2) is 0 Å². The van der Waals surface area contributed by atoms with Gasteiger partial charge in [-0.25, -0.2) is 9.18 Å². The van der Waals surface area contributed by atoms with E-state index in [-0.39, 0.29) is 13.2 Å². The van der Waals surface area contributed by atoms with Crippen molar-refractivity contribution >= 4 is 6.09 Å². The van der Waals surface area contributed by atoms with Gasteiger partial charge < -0.3 is 15.4 Å². The topological polar surface area (TPSA) is 50.4 Å². The fraction of sp³-hybridized carbons (Fsp3) is 0.462. The molecule has 5 heteroatoms. The van der Waals surface area contributed by atoms with Gasteiger partial charge in [0.25, 0.3) is 0 Å². The number of benzene rings is 1. The monoisotopic (exact) mass is 252 g/mol. The third-order valence-corrected chi connectivity index (χ3v) is 2.92. The van der Waals surface area contributed by atoms with Crippen LogP contribution < -0.4 is 10.6 Å². The van der Waals surface area contributed by atoms with Gasteiger partial charge in [0, 0.05) is 6.54 Å². The minimum Gasteiger partial charge on any atom is -0.445 e. The van der Waals surface area contributed by atoms with Crippen LogP contribution in [0.15, 0.2) is 30.3 Å². The van der Waals surface area contributed by atoms with Crippen molar-refractivity contribution in [1.29, 1.82) is 0 Å². The van der Waals surface area contributed by atoms with E-state index in [1.807, 2.05) is 30.3 Å². The lowest BCUT2D eigenvalue weighted by atomic mass is 10.1. The number of hydrogen-bond donors (Lipinski definition) is 2. The van der Waals surface area contributed by atoms with Crippen molar-refractivity contribution in [1.82, 2.24) is 10.6 Å². The standard InChI is InChI=1S/C13H17FN2O2/c14-11-8-15-7-6-12(11)16-13(17)18-9-10-4-2-1-3-5-10/h1-5,11-12,15H,6-9H2,(H,16,17)/t11-,12-/m1/s1. The molecule has 18 heavy (non-hydrogen) atoms. The summed E-state index contributed by atoms with van der Waals surface area (Å²) in [5.41, 5.74) is 0.912. The average molecular weight is 252 g/mol. The van der Waals surface area contributed by atoms with E-state index < -0.39 is 18.3 Å². The van der Waals surface area contributed by atoms with E-state index in [0.29, 0.717) is 13.0 Å². The maximum atomic E-state index is 13.4. The molecule has 1 fully saturated rings. The highest BCUT2D eigenvalue weighted by molar-refractivity contribution is 5.67. The van der Waals surface area contributed by atoms with E-state index in [9.17, 15) is 9.18 Å². The molecule has 0 unspecified atom stereocenters. The molecule has 4 nitrogen and oxygen atoms in total. The van der Waals surface area contributed by atoms with Crippen LogP contribution in [0.1, 0.15) is 12.0 Å². The van der Waals surface area contributed by atoms with Crippen LogP contribution in [0, 0.1) is 0 Å². The average Bonchev–Trinajstić information content (AvgIpc) is 2.40. The summed E-state index contributed by atoms with van der Waals surface area (Å²) in [6, 6.07) is 8.94. The Kier molecular flexibility index (Phi) is 4.52. The van der Waals surface area contributed by atoms with E-state index >= 15 is 0 Å². The van der Waals surface area contributed by atoms with Gasteiger partial charge >= 0.3 is 6.09 Å². The number of alkyl halides is 1. The molecule has 1 amide bonds. The molecule has 1 saturated heterocycles. The summed E-state index contributed by atoms with van der Waals surface area (Å²) in [5.74, 6) is 0. The Balaban J connectivity index is 1.75. The van der Waals surface area contributed by atoms with Gasteiger partial charge in [0.2, 0.25) is 0 Å². The van der Waals surface area contributed by atoms with Crippen LogP contribution in [0.25, 0.3) is 0 Å². The molecule has 2 N–H and O–H groups in total. The summed E-state index contributed by atoms with van der Waals surface area (Å²) in [6.07, 6.45) is -1.03. The number of carbonyl (C=O) groups is 1. The van der Waals surface area contributed by atoms with Crippen LogP contribution in [0.2, 0.25) is 0 Å². The molecule has 0 bridgehead atoms. The number of nitrogens with one attached hydrogen (secondary N) is 2. The largest absolute Gasteiger partial charge is 0.445 e. The maximum absolute atomic E-state index is 13.4. The number of alkyl carbamates (subject to hydrolysis) is 1. The van der Waals surface area contributed by atoms with Crippen molar-refractivity contribution in [3.63, 3.8) is 0 Å². The smallest absolute Gasteiger partial charge is 0.407 e. The van der Waals surface area contributed by atoms with Crippen molar-refractivity contribution < 1.29 is 13.9 Å². The molecule has 1 aliphatic rings. The Morgan fingerprint density at radius 1 is 1.44 bits per heavy atom. The summed E-state index contributed by atoms with van der Waals surface area (Å²) in [7, 11) is 0. The second-order valence-electron chi connectivity index (χ2n) is 4.32. The van der Waals surface area contributed by atoms with Crippen molar-refractivity contribution in [2.45, 2.75) is 25.2 Å². The van der Waals surface area contributed by atoms with Gasteiger partial charge in [0.05, 0.1) is 6.04 Å². The minimum absolute atomic E-state index is 0.203. The Labute approximate surface area is 106 Å². The van der Waals surface area contributed by atoms with Gasteiger partial charge in [-0.05, 0) is 18.5 Å². The first kappa shape index (κ1) is 12.8. The van der Waals surface area contributed by atoms with Crippen LogP contribution in [0.3, 0.4) is 0 Å². The quantitative estimate of drug-likeness (QED) is 0.859. The molecule has 0 aromatic heterocycles. The van der Waals surface area contributed by atoms with E-state index in [1.54, 1.807) is 0 Å². The van der Waals surface area contributed by atoms with E-state index in [2.05, 4.69) is 10.6 Å². The molecule has 2 atom stereocenters. The molecule has 1 heterocycles. The second-order valence-corrected chi connectivity index (χ2v) is 4.32. The summed E-state index contributed by atoms with van der Waals surface area (Å²) in [4.78, 5) is 11.5. The SMILES string of the molecule is O=C(N[C@@H]1CCNC[C@H]1F)OCc1ccccc1. The molecule has 1 aliphatic heterocycles. The minimum atomic E-state index is -1.05. The third-order valence-electron chi connectivity index (χ3n) is 2.92. The van der Waals surface area contributed by atoms with Gasteiger partial charge in [0.1, 0.15) is 12.8 Å². The predicted octanol–water partition coefficient (Wildman–Crippen LogP) is 1.61. The summed E-state index contributed by atoms with van der Waals surface area (Å²) in [6.45, 7) is 1.20. The number of amides is 1. The molecule has 0 aliphatic carbocycles. The highest BCUT2D eigenvalue weighted by Gasteiger charge is 2.26. The van der Waals surface area contributed by atoms with Crippen LogP contribution in [-0.2, 0) is 11.3 Å². The van der Waals surface area contributed by atoms with Crippen LogP contribution >= 0.6 is 0 Å². The van der Waals surface area contributed by atoms with Gasteiger partial charge in [-0.3, -0.25) is 0 Å². The van der Waals surface area contributed by atoms with Crippen molar-refractivity contribution in [2.75, 3.05) is 13.1 Å². The Bertz CT molecular complexity index is 386. The lowest BCUT2D eigenvalue weighted by molar-refractivity contribution is 0.122. The number of hydrogen-bond acceptors (Lipinski definition) is 3. The first-order valence-electron chi connectivity index (χ1n) is 6.07. The fourth-order valence-corrected chi connectivity index (χ4v) is 1.90. The Morgan fingerprint density at radius 3 is 2.94 bits per heavy atom. The molecular formula is C13H17FN2O2. The zero-order valence-electron chi connectivity index (χ0n) is 10.1. The van der Waals surface area contributed by atoms with Gasteiger partial charge in [-0.15, -0.1) is 0 Å². The van der Waals surface area contributed by atoms with E-state index in [4.69, 9.17) is 4.74 Å².